The minimum atomic E-state index is 0.553. The van der Waals surface area contributed by atoms with Crippen molar-refractivity contribution < 1.29 is 4.74 Å². The van der Waals surface area contributed by atoms with E-state index in [1.165, 1.54) is 74.7 Å². The maximum atomic E-state index is 5.97. The molecule has 3 nitrogen and oxygen atoms in total. The van der Waals surface area contributed by atoms with Crippen LogP contribution >= 0.6 is 0 Å². The van der Waals surface area contributed by atoms with Gasteiger partial charge in [0.15, 0.2) is 0 Å². The molecule has 4 rings (SSSR count). The van der Waals surface area contributed by atoms with Gasteiger partial charge in [-0.15, -0.1) is 0 Å². The second-order valence-corrected chi connectivity index (χ2v) is 9.12. The van der Waals surface area contributed by atoms with Crippen LogP contribution in [0.1, 0.15) is 80.0 Å². The summed E-state index contributed by atoms with van der Waals surface area (Å²) >= 11 is 0. The summed E-state index contributed by atoms with van der Waals surface area (Å²) < 4.78 is 5.97. The third kappa shape index (κ3) is 3.31. The Bertz CT molecular complexity index is 766. The van der Waals surface area contributed by atoms with Crippen LogP contribution in [0.15, 0.2) is 11.6 Å². The molecule has 3 heteroatoms. The summed E-state index contributed by atoms with van der Waals surface area (Å²) in [7, 11) is 4.19. The Hall–Kier alpha value is -1.32. The van der Waals surface area contributed by atoms with Crippen LogP contribution in [0.25, 0.3) is 5.57 Å². The average Bonchev–Trinajstić information content (AvgIpc) is 3.29. The third-order valence-corrected chi connectivity index (χ3v) is 7.50. The van der Waals surface area contributed by atoms with Crippen molar-refractivity contribution in [3.05, 3.63) is 33.9 Å². The van der Waals surface area contributed by atoms with E-state index in [2.05, 4.69) is 43.7 Å². The zero-order valence-corrected chi connectivity index (χ0v) is 18.6. The quantitative estimate of drug-likeness (QED) is 0.646. The van der Waals surface area contributed by atoms with E-state index in [1.54, 1.807) is 16.7 Å². The fraction of sp³-hybridized carbons (Fsp3) is 0.680. The fourth-order valence-electron chi connectivity index (χ4n) is 6.25. The Kier molecular flexibility index (Phi) is 5.85. The van der Waals surface area contributed by atoms with Gasteiger partial charge in [-0.1, -0.05) is 18.6 Å². The van der Waals surface area contributed by atoms with Crippen molar-refractivity contribution >= 4 is 5.57 Å². The highest BCUT2D eigenvalue weighted by molar-refractivity contribution is 5.83. The number of methoxy groups -OCH3 is 1. The molecule has 1 heterocycles. The van der Waals surface area contributed by atoms with Crippen molar-refractivity contribution in [2.24, 2.45) is 0 Å². The van der Waals surface area contributed by atoms with Crippen molar-refractivity contribution in [1.29, 1.82) is 0 Å². The first-order valence-electron chi connectivity index (χ1n) is 11.4. The molecule has 154 valence electrons. The molecule has 3 aliphatic rings. The highest BCUT2D eigenvalue weighted by Gasteiger charge is 2.37. The third-order valence-electron chi connectivity index (χ3n) is 7.50. The lowest BCUT2D eigenvalue weighted by molar-refractivity contribution is 0.100. The number of rotatable bonds is 6. The molecule has 28 heavy (non-hydrogen) atoms. The minimum Gasteiger partial charge on any atom is -0.496 e. The van der Waals surface area contributed by atoms with Gasteiger partial charge >= 0.3 is 0 Å². The van der Waals surface area contributed by atoms with E-state index in [0.717, 1.165) is 12.3 Å². The van der Waals surface area contributed by atoms with Crippen LogP contribution in [0.3, 0.4) is 0 Å². The topological polar surface area (TPSA) is 15.7 Å². The van der Waals surface area contributed by atoms with Gasteiger partial charge in [-0.2, -0.15) is 0 Å². The number of allylic oxidation sites excluding steroid dienone is 2. The van der Waals surface area contributed by atoms with Crippen molar-refractivity contribution in [2.75, 3.05) is 33.8 Å². The summed E-state index contributed by atoms with van der Waals surface area (Å²) in [6, 6.07) is 2.34. The maximum absolute atomic E-state index is 5.97. The second kappa shape index (κ2) is 8.20. The van der Waals surface area contributed by atoms with E-state index in [4.69, 9.17) is 4.74 Å². The van der Waals surface area contributed by atoms with Crippen molar-refractivity contribution in [3.8, 4) is 5.75 Å². The van der Waals surface area contributed by atoms with Gasteiger partial charge in [0.05, 0.1) is 13.3 Å². The molecule has 1 aromatic rings. The first-order valence-corrected chi connectivity index (χ1v) is 11.4. The lowest BCUT2D eigenvalue weighted by atomic mass is 9.85. The number of hydrogen-bond donors (Lipinski definition) is 0. The van der Waals surface area contributed by atoms with E-state index in [0.29, 0.717) is 12.1 Å². The fourth-order valence-corrected chi connectivity index (χ4v) is 6.25. The molecule has 1 aliphatic heterocycles. The van der Waals surface area contributed by atoms with Gasteiger partial charge in [0.1, 0.15) is 5.75 Å². The van der Waals surface area contributed by atoms with Gasteiger partial charge in [0.25, 0.3) is 0 Å². The summed E-state index contributed by atoms with van der Waals surface area (Å²) in [5.41, 5.74) is 9.21. The lowest BCUT2D eigenvalue weighted by Gasteiger charge is -2.33. The van der Waals surface area contributed by atoms with Crippen molar-refractivity contribution in [3.63, 3.8) is 0 Å². The highest BCUT2D eigenvalue weighted by atomic mass is 16.5. The predicted molar refractivity (Wildman–Crippen MR) is 118 cm³/mol. The number of ether oxygens (including phenoxy) is 1. The molecular weight excluding hydrogens is 344 g/mol. The predicted octanol–water partition coefficient (Wildman–Crippen LogP) is 5.50. The summed E-state index contributed by atoms with van der Waals surface area (Å²) in [5, 5.41) is 0. The molecule has 0 radical (unpaired) electrons. The van der Waals surface area contributed by atoms with Crippen LogP contribution in [-0.2, 0) is 0 Å². The number of nitrogens with zero attached hydrogens (tertiary/aromatic N) is 2. The first kappa shape index (κ1) is 20.0. The average molecular weight is 383 g/mol. The molecule has 0 bridgehead atoms. The number of likely N-dealkylation sites (tertiary alicyclic amines) is 1. The minimum absolute atomic E-state index is 0.553. The summed E-state index contributed by atoms with van der Waals surface area (Å²) in [6.45, 7) is 10.4. The zero-order valence-electron chi connectivity index (χ0n) is 18.6. The zero-order chi connectivity index (χ0) is 19.8. The van der Waals surface area contributed by atoms with Crippen molar-refractivity contribution in [2.45, 2.75) is 77.8 Å². The largest absolute Gasteiger partial charge is 0.496 e. The first-order chi connectivity index (χ1) is 13.6. The highest BCUT2D eigenvalue weighted by Crippen LogP contribution is 2.54. The molecule has 0 saturated carbocycles. The van der Waals surface area contributed by atoms with E-state index >= 15 is 0 Å². The van der Waals surface area contributed by atoms with E-state index in [-0.39, 0.29) is 0 Å². The Morgan fingerprint density at radius 3 is 2.68 bits per heavy atom. The number of benzene rings is 1. The van der Waals surface area contributed by atoms with Crippen molar-refractivity contribution in [1.82, 2.24) is 9.80 Å². The second-order valence-electron chi connectivity index (χ2n) is 9.12. The van der Waals surface area contributed by atoms with Gasteiger partial charge in [0.2, 0.25) is 0 Å². The van der Waals surface area contributed by atoms with Crippen LogP contribution < -0.4 is 4.74 Å². The molecule has 2 aliphatic carbocycles. The van der Waals surface area contributed by atoms with Crippen LogP contribution in [0.2, 0.25) is 0 Å². The molecule has 0 N–H and O–H groups in total. The molecule has 0 aromatic heterocycles. The summed E-state index contributed by atoms with van der Waals surface area (Å²) in [6.07, 6.45) is 9.75. The molecule has 1 saturated heterocycles. The monoisotopic (exact) mass is 382 g/mol. The Labute approximate surface area is 171 Å². The van der Waals surface area contributed by atoms with Gasteiger partial charge in [-0.3, -0.25) is 9.80 Å². The molecule has 1 fully saturated rings. The normalized spacial score (nSPS) is 24.8. The SMILES string of the molecule is CCN1CCCC1N(C)CCC1C2=C(CCCC2)c2c(C)cc(C)c(OC)c21. The summed E-state index contributed by atoms with van der Waals surface area (Å²) in [5.74, 6) is 1.71. The Morgan fingerprint density at radius 1 is 1.14 bits per heavy atom. The smallest absolute Gasteiger partial charge is 0.126 e. The summed E-state index contributed by atoms with van der Waals surface area (Å²) in [4.78, 5) is 5.26. The van der Waals surface area contributed by atoms with Crippen LogP contribution in [0.4, 0.5) is 0 Å². The molecule has 2 unspecified atom stereocenters. The van der Waals surface area contributed by atoms with Gasteiger partial charge < -0.3 is 4.74 Å². The van der Waals surface area contributed by atoms with Crippen LogP contribution in [0.5, 0.6) is 5.75 Å². The molecular formula is C25H38N2O. The maximum Gasteiger partial charge on any atom is 0.126 e. The van der Waals surface area contributed by atoms with Gasteiger partial charge in [-0.25, -0.2) is 0 Å². The van der Waals surface area contributed by atoms with E-state index in [9.17, 15) is 0 Å². The van der Waals surface area contributed by atoms with E-state index in [1.807, 2.05) is 7.11 Å². The number of aryl methyl sites for hydroxylation is 2. The number of fused-ring (bicyclic) bond motifs is 2. The molecule has 0 spiro atoms. The van der Waals surface area contributed by atoms with Gasteiger partial charge in [-0.05, 0) is 101 Å². The van der Waals surface area contributed by atoms with Gasteiger partial charge in [0, 0.05) is 18.0 Å². The standard InChI is InChI=1S/C25H38N2O/c1-6-27-14-9-12-22(27)26(4)15-13-21-19-10-7-8-11-20(19)23-17(2)16-18(3)25(28-5)24(21)23/h16,21-22H,6-15H2,1-5H3. The Balaban J connectivity index is 1.63. The van der Waals surface area contributed by atoms with E-state index < -0.39 is 0 Å². The number of hydrogen-bond acceptors (Lipinski definition) is 3. The molecule has 0 amide bonds. The lowest BCUT2D eigenvalue weighted by Crippen LogP contribution is -2.43. The molecule has 1 aromatic carbocycles. The van der Waals surface area contributed by atoms with Crippen LogP contribution in [0, 0.1) is 13.8 Å². The van der Waals surface area contributed by atoms with Crippen LogP contribution in [-0.4, -0.2) is 49.8 Å². The molecule has 2 atom stereocenters. The Morgan fingerprint density at radius 2 is 1.93 bits per heavy atom.